The van der Waals surface area contributed by atoms with Crippen LogP contribution >= 0.6 is 0 Å². The summed E-state index contributed by atoms with van der Waals surface area (Å²) in [6.45, 7) is 13.6. The number of carbonyl (C=O) groups is 1. The Hall–Kier alpha value is -3.34. The number of nitrogens with one attached hydrogen (secondary N) is 1. The fourth-order valence-electron chi connectivity index (χ4n) is 5.46. The predicted molar refractivity (Wildman–Crippen MR) is 150 cm³/mol. The first-order valence-electron chi connectivity index (χ1n) is 13.7. The van der Waals surface area contributed by atoms with Gasteiger partial charge in [0.2, 0.25) is 5.91 Å². The van der Waals surface area contributed by atoms with Gasteiger partial charge in [0, 0.05) is 75.2 Å². The van der Waals surface area contributed by atoms with Gasteiger partial charge in [-0.2, -0.15) is 13.2 Å². The van der Waals surface area contributed by atoms with Crippen LogP contribution in [0.1, 0.15) is 45.2 Å². The summed E-state index contributed by atoms with van der Waals surface area (Å²) in [5.74, 6) is -0.170. The Labute approximate surface area is 233 Å². The standard InChI is InChI=1S/C29H38F3N5O3/c1-20(18-34-13-15-35(16-14-34)24-8-5-21(6-9-24)28(2,3)4)27(38)36-12-11-23(19-36)33-22-7-10-26(37(39)40)25(17-22)29(30,31)32/h5-10,17,20,23,33H,11-16,18-19H2,1-4H3/t20?,23-/m1/s1. The van der Waals surface area contributed by atoms with E-state index in [4.69, 9.17) is 0 Å². The maximum atomic E-state index is 13.3. The average Bonchev–Trinajstić information content (AvgIpc) is 3.36. The second-order valence-electron chi connectivity index (χ2n) is 11.9. The molecule has 0 radical (unpaired) electrons. The minimum Gasteiger partial charge on any atom is -0.380 e. The zero-order valence-electron chi connectivity index (χ0n) is 23.5. The van der Waals surface area contributed by atoms with Crippen molar-refractivity contribution < 1.29 is 22.9 Å². The molecule has 2 saturated heterocycles. The Kier molecular flexibility index (Phi) is 8.63. The van der Waals surface area contributed by atoms with Crippen LogP contribution in [-0.4, -0.2) is 72.5 Å². The largest absolute Gasteiger partial charge is 0.423 e. The molecule has 0 spiro atoms. The van der Waals surface area contributed by atoms with Gasteiger partial charge in [0.15, 0.2) is 0 Å². The molecule has 0 saturated carbocycles. The number of anilines is 2. The molecule has 1 amide bonds. The van der Waals surface area contributed by atoms with Crippen molar-refractivity contribution in [3.8, 4) is 0 Å². The molecule has 4 rings (SSSR count). The lowest BCUT2D eigenvalue weighted by Crippen LogP contribution is -2.49. The number of amides is 1. The summed E-state index contributed by atoms with van der Waals surface area (Å²) in [6, 6.07) is 11.4. The highest BCUT2D eigenvalue weighted by molar-refractivity contribution is 5.79. The van der Waals surface area contributed by atoms with Crippen LogP contribution in [0.5, 0.6) is 0 Å². The fourth-order valence-corrected chi connectivity index (χ4v) is 5.46. The number of nitrogens with zero attached hydrogens (tertiary/aromatic N) is 4. The second kappa shape index (κ2) is 11.6. The van der Waals surface area contributed by atoms with Gasteiger partial charge < -0.3 is 15.1 Å². The number of hydrogen-bond acceptors (Lipinski definition) is 6. The van der Waals surface area contributed by atoms with Gasteiger partial charge in [0.05, 0.1) is 4.92 Å². The zero-order valence-corrected chi connectivity index (χ0v) is 23.5. The van der Waals surface area contributed by atoms with Crippen molar-refractivity contribution in [1.29, 1.82) is 0 Å². The van der Waals surface area contributed by atoms with E-state index in [9.17, 15) is 28.1 Å². The highest BCUT2D eigenvalue weighted by atomic mass is 19.4. The summed E-state index contributed by atoms with van der Waals surface area (Å²) < 4.78 is 40.0. The van der Waals surface area contributed by atoms with Crippen LogP contribution in [0.2, 0.25) is 0 Å². The first-order chi connectivity index (χ1) is 18.7. The normalized spacial score (nSPS) is 19.5. The number of nitro benzene ring substituents is 1. The van der Waals surface area contributed by atoms with Gasteiger partial charge >= 0.3 is 6.18 Å². The molecule has 218 valence electrons. The molecular weight excluding hydrogens is 523 g/mol. The molecule has 11 heteroatoms. The molecule has 2 aromatic rings. The number of carbonyl (C=O) groups excluding carboxylic acids is 1. The van der Waals surface area contributed by atoms with Crippen LogP contribution < -0.4 is 10.2 Å². The monoisotopic (exact) mass is 561 g/mol. The third kappa shape index (κ3) is 7.04. The van der Waals surface area contributed by atoms with Crippen LogP contribution in [0.25, 0.3) is 0 Å². The molecule has 2 aliphatic heterocycles. The first-order valence-corrected chi connectivity index (χ1v) is 13.7. The molecule has 2 aromatic carbocycles. The van der Waals surface area contributed by atoms with Gasteiger partial charge in [-0.1, -0.05) is 39.8 Å². The minimum atomic E-state index is -4.84. The maximum absolute atomic E-state index is 13.3. The van der Waals surface area contributed by atoms with Gasteiger partial charge in [-0.3, -0.25) is 19.8 Å². The van der Waals surface area contributed by atoms with E-state index in [1.807, 2.05) is 6.92 Å². The number of likely N-dealkylation sites (tertiary alicyclic amines) is 1. The highest BCUT2D eigenvalue weighted by Gasteiger charge is 2.39. The SMILES string of the molecule is CC(CN1CCN(c2ccc(C(C)(C)C)cc2)CC1)C(=O)N1CC[C@@H](Nc2ccc([N+](=O)[O-])c(C(F)(F)F)c2)C1. The number of hydrogen-bond donors (Lipinski definition) is 1. The summed E-state index contributed by atoms with van der Waals surface area (Å²) in [7, 11) is 0. The van der Waals surface area contributed by atoms with Crippen molar-refractivity contribution in [2.75, 3.05) is 56.0 Å². The maximum Gasteiger partial charge on any atom is 0.423 e. The van der Waals surface area contributed by atoms with E-state index in [0.29, 0.717) is 26.1 Å². The molecule has 0 aromatic heterocycles. The summed E-state index contributed by atoms with van der Waals surface area (Å²) in [4.78, 5) is 29.6. The highest BCUT2D eigenvalue weighted by Crippen LogP contribution is 2.38. The number of halogens is 3. The molecule has 2 aliphatic rings. The molecule has 0 aliphatic carbocycles. The van der Waals surface area contributed by atoms with Crippen LogP contribution in [-0.2, 0) is 16.4 Å². The minimum absolute atomic E-state index is 0.0316. The number of benzene rings is 2. The number of alkyl halides is 3. The Morgan fingerprint density at radius 2 is 1.70 bits per heavy atom. The van der Waals surface area contributed by atoms with Crippen molar-refractivity contribution in [1.82, 2.24) is 9.80 Å². The molecular formula is C29H38F3N5O3. The fraction of sp³-hybridized carbons (Fsp3) is 0.552. The molecule has 0 bridgehead atoms. The van der Waals surface area contributed by atoms with E-state index in [1.165, 1.54) is 17.3 Å². The number of nitro groups is 1. The molecule has 8 nitrogen and oxygen atoms in total. The second-order valence-corrected chi connectivity index (χ2v) is 11.9. The van der Waals surface area contributed by atoms with Crippen LogP contribution in [0.3, 0.4) is 0 Å². The van der Waals surface area contributed by atoms with Crippen LogP contribution in [0, 0.1) is 16.0 Å². The van der Waals surface area contributed by atoms with Crippen molar-refractivity contribution in [2.45, 2.75) is 51.7 Å². The molecule has 2 atom stereocenters. The van der Waals surface area contributed by atoms with Crippen molar-refractivity contribution in [2.24, 2.45) is 5.92 Å². The quantitative estimate of drug-likeness (QED) is 0.361. The molecule has 2 fully saturated rings. The Balaban J connectivity index is 1.26. The third-order valence-corrected chi connectivity index (χ3v) is 7.79. The predicted octanol–water partition coefficient (Wildman–Crippen LogP) is 5.38. The summed E-state index contributed by atoms with van der Waals surface area (Å²) in [6.07, 6.45) is -4.25. The molecule has 1 unspecified atom stereocenters. The lowest BCUT2D eigenvalue weighted by Gasteiger charge is -2.37. The summed E-state index contributed by atoms with van der Waals surface area (Å²) >= 11 is 0. The molecule has 1 N–H and O–H groups in total. The zero-order chi connectivity index (χ0) is 29.2. The van der Waals surface area contributed by atoms with Gasteiger partial charge in [-0.25, -0.2) is 0 Å². The summed E-state index contributed by atoms with van der Waals surface area (Å²) in [5, 5.41) is 14.0. The van der Waals surface area contributed by atoms with Crippen LogP contribution in [0.15, 0.2) is 42.5 Å². The van der Waals surface area contributed by atoms with Gasteiger partial charge in [-0.05, 0) is 41.7 Å². The van der Waals surface area contributed by atoms with E-state index in [0.717, 1.165) is 38.3 Å². The Bertz CT molecular complexity index is 1200. The summed E-state index contributed by atoms with van der Waals surface area (Å²) in [5.41, 5.74) is 0.518. The van der Waals surface area contributed by atoms with Gasteiger partial charge in [-0.15, -0.1) is 0 Å². The van der Waals surface area contributed by atoms with E-state index >= 15 is 0 Å². The van der Waals surface area contributed by atoms with E-state index in [1.54, 1.807) is 4.90 Å². The van der Waals surface area contributed by atoms with Gasteiger partial charge in [0.1, 0.15) is 5.56 Å². The van der Waals surface area contributed by atoms with Crippen molar-refractivity contribution in [3.05, 3.63) is 63.7 Å². The van der Waals surface area contributed by atoms with Gasteiger partial charge in [0.25, 0.3) is 5.69 Å². The molecule has 2 heterocycles. The van der Waals surface area contributed by atoms with Crippen molar-refractivity contribution >= 4 is 23.0 Å². The van der Waals surface area contributed by atoms with Crippen molar-refractivity contribution in [3.63, 3.8) is 0 Å². The Morgan fingerprint density at radius 3 is 2.27 bits per heavy atom. The third-order valence-electron chi connectivity index (χ3n) is 7.79. The smallest absolute Gasteiger partial charge is 0.380 e. The van der Waals surface area contributed by atoms with Crippen LogP contribution in [0.4, 0.5) is 30.2 Å². The van der Waals surface area contributed by atoms with E-state index in [-0.39, 0.29) is 29.0 Å². The lowest BCUT2D eigenvalue weighted by atomic mass is 9.87. The van der Waals surface area contributed by atoms with E-state index < -0.39 is 22.4 Å². The number of piperazine rings is 1. The average molecular weight is 562 g/mol. The number of rotatable bonds is 7. The first kappa shape index (κ1) is 29.6. The topological polar surface area (TPSA) is 82.0 Å². The molecule has 40 heavy (non-hydrogen) atoms. The Morgan fingerprint density at radius 1 is 1.05 bits per heavy atom. The lowest BCUT2D eigenvalue weighted by molar-refractivity contribution is -0.388. The van der Waals surface area contributed by atoms with E-state index in [2.05, 4.69) is 60.2 Å².